The number of sulfonamides is 2. The van der Waals surface area contributed by atoms with Crippen molar-refractivity contribution in [2.75, 3.05) is 9.44 Å². The summed E-state index contributed by atoms with van der Waals surface area (Å²) in [6.45, 7) is 0. The molecule has 0 spiro atoms. The zero-order valence-corrected chi connectivity index (χ0v) is 21.8. The molecule has 0 bridgehead atoms. The second kappa shape index (κ2) is 10.5. The molecule has 0 aliphatic heterocycles. The number of hydrogen-bond acceptors (Lipinski definition) is 4. The van der Waals surface area contributed by atoms with Crippen LogP contribution in [-0.4, -0.2) is 16.8 Å². The van der Waals surface area contributed by atoms with Crippen LogP contribution in [0.15, 0.2) is 143 Å². The molecule has 2 N–H and O–H groups in total. The van der Waals surface area contributed by atoms with Crippen LogP contribution in [0, 0.1) is 0 Å². The van der Waals surface area contributed by atoms with Crippen LogP contribution in [0.5, 0.6) is 0 Å². The molecule has 0 unspecified atom stereocenters. The molecule has 0 aliphatic carbocycles. The Balaban J connectivity index is 1.26. The topological polar surface area (TPSA) is 92.3 Å². The summed E-state index contributed by atoms with van der Waals surface area (Å²) < 4.78 is 56.5. The minimum atomic E-state index is -3.82. The van der Waals surface area contributed by atoms with Gasteiger partial charge in [-0.1, -0.05) is 84.9 Å². The first-order valence-corrected chi connectivity index (χ1v) is 14.7. The summed E-state index contributed by atoms with van der Waals surface area (Å²) >= 11 is 0. The van der Waals surface area contributed by atoms with E-state index in [0.717, 1.165) is 22.3 Å². The first kappa shape index (κ1) is 25.3. The lowest BCUT2D eigenvalue weighted by Gasteiger charge is -2.11. The summed E-state index contributed by atoms with van der Waals surface area (Å²) in [5, 5.41) is 0. The summed E-state index contributed by atoms with van der Waals surface area (Å²) in [6, 6.07) is 38.6. The standard InChI is InChI=1S/C30H24N2O4S2/c33-37(34,29-19-11-25(12-20-29)23-7-3-1-4-8-23)31-27-15-17-28(18-16-27)32-38(35,36)30-21-13-26(14-22-30)24-9-5-2-6-10-24/h1-22,31-32H. The van der Waals surface area contributed by atoms with E-state index in [1.165, 1.54) is 24.3 Å². The average Bonchev–Trinajstić information content (AvgIpc) is 2.95. The number of hydrogen-bond donors (Lipinski definition) is 2. The zero-order valence-electron chi connectivity index (χ0n) is 20.2. The van der Waals surface area contributed by atoms with Gasteiger partial charge in [0, 0.05) is 11.4 Å². The SMILES string of the molecule is O=S(=O)(Nc1ccc(NS(=O)(=O)c2ccc(-c3ccccc3)cc2)cc1)c1ccc(-c2ccccc2)cc1. The molecule has 0 fully saturated rings. The summed E-state index contributed by atoms with van der Waals surface area (Å²) in [6.07, 6.45) is 0. The molecule has 0 saturated carbocycles. The van der Waals surface area contributed by atoms with Gasteiger partial charge >= 0.3 is 0 Å². The van der Waals surface area contributed by atoms with Gasteiger partial charge in [0.2, 0.25) is 0 Å². The molecule has 0 amide bonds. The van der Waals surface area contributed by atoms with Gasteiger partial charge in [-0.25, -0.2) is 16.8 Å². The highest BCUT2D eigenvalue weighted by molar-refractivity contribution is 7.93. The van der Waals surface area contributed by atoms with E-state index in [4.69, 9.17) is 0 Å². The van der Waals surface area contributed by atoms with Crippen molar-refractivity contribution in [2.45, 2.75) is 9.79 Å². The molecule has 6 nitrogen and oxygen atoms in total. The second-order valence-electron chi connectivity index (χ2n) is 8.57. The normalized spacial score (nSPS) is 11.6. The third-order valence-electron chi connectivity index (χ3n) is 5.93. The van der Waals surface area contributed by atoms with Crippen molar-refractivity contribution in [2.24, 2.45) is 0 Å². The van der Waals surface area contributed by atoms with Crippen LogP contribution in [0.3, 0.4) is 0 Å². The van der Waals surface area contributed by atoms with Crippen LogP contribution >= 0.6 is 0 Å². The van der Waals surface area contributed by atoms with Crippen molar-refractivity contribution >= 4 is 31.4 Å². The molecule has 0 aromatic heterocycles. The fraction of sp³-hybridized carbons (Fsp3) is 0. The Morgan fingerprint density at radius 3 is 0.947 bits per heavy atom. The molecule has 5 rings (SSSR count). The van der Waals surface area contributed by atoms with Crippen LogP contribution in [-0.2, 0) is 20.0 Å². The summed E-state index contributed by atoms with van der Waals surface area (Å²) in [5.74, 6) is 0. The maximum Gasteiger partial charge on any atom is 0.261 e. The van der Waals surface area contributed by atoms with Gasteiger partial charge in [-0.15, -0.1) is 0 Å². The molecular formula is C30H24N2O4S2. The van der Waals surface area contributed by atoms with Crippen molar-refractivity contribution in [3.8, 4) is 22.3 Å². The molecule has 38 heavy (non-hydrogen) atoms. The third-order valence-corrected chi connectivity index (χ3v) is 8.73. The number of nitrogens with one attached hydrogen (secondary N) is 2. The fourth-order valence-electron chi connectivity index (χ4n) is 3.95. The Morgan fingerprint density at radius 1 is 0.342 bits per heavy atom. The number of anilines is 2. The molecule has 0 radical (unpaired) electrons. The first-order chi connectivity index (χ1) is 18.3. The minimum absolute atomic E-state index is 0.126. The van der Waals surface area contributed by atoms with E-state index in [9.17, 15) is 16.8 Å². The monoisotopic (exact) mass is 540 g/mol. The maximum absolute atomic E-state index is 12.9. The number of benzene rings is 5. The molecule has 0 heterocycles. The van der Waals surface area contributed by atoms with Gasteiger partial charge in [0.25, 0.3) is 20.0 Å². The average molecular weight is 541 g/mol. The Hall–Kier alpha value is -4.40. The zero-order chi connectivity index (χ0) is 26.6. The molecule has 8 heteroatoms. The van der Waals surface area contributed by atoms with Crippen LogP contribution in [0.1, 0.15) is 0 Å². The van der Waals surface area contributed by atoms with E-state index in [0.29, 0.717) is 11.4 Å². The quantitative estimate of drug-likeness (QED) is 0.231. The van der Waals surface area contributed by atoms with Crippen molar-refractivity contribution in [3.05, 3.63) is 133 Å². The van der Waals surface area contributed by atoms with Crippen LogP contribution in [0.2, 0.25) is 0 Å². The summed E-state index contributed by atoms with van der Waals surface area (Å²) in [4.78, 5) is 0.252. The van der Waals surface area contributed by atoms with Crippen molar-refractivity contribution in [1.82, 2.24) is 0 Å². The molecule has 0 atom stereocenters. The highest BCUT2D eigenvalue weighted by Crippen LogP contribution is 2.25. The summed E-state index contributed by atoms with van der Waals surface area (Å²) in [5.41, 5.74) is 4.44. The van der Waals surface area contributed by atoms with Crippen molar-refractivity contribution in [1.29, 1.82) is 0 Å². The molecule has 5 aromatic rings. The minimum Gasteiger partial charge on any atom is -0.280 e. The first-order valence-electron chi connectivity index (χ1n) is 11.8. The van der Waals surface area contributed by atoms with Gasteiger partial charge < -0.3 is 0 Å². The predicted molar refractivity (Wildman–Crippen MR) is 152 cm³/mol. The lowest BCUT2D eigenvalue weighted by atomic mass is 10.1. The lowest BCUT2D eigenvalue weighted by Crippen LogP contribution is -2.14. The van der Waals surface area contributed by atoms with Gasteiger partial charge in [0.05, 0.1) is 9.79 Å². The highest BCUT2D eigenvalue weighted by atomic mass is 32.2. The van der Waals surface area contributed by atoms with Crippen LogP contribution < -0.4 is 9.44 Å². The van der Waals surface area contributed by atoms with E-state index >= 15 is 0 Å². The molecule has 0 aliphatic rings. The molecule has 5 aromatic carbocycles. The van der Waals surface area contributed by atoms with Crippen LogP contribution in [0.25, 0.3) is 22.3 Å². The van der Waals surface area contributed by atoms with Crippen molar-refractivity contribution in [3.63, 3.8) is 0 Å². The van der Waals surface area contributed by atoms with Gasteiger partial charge in [0.15, 0.2) is 0 Å². The summed E-state index contributed by atoms with van der Waals surface area (Å²) in [7, 11) is -7.64. The molecule has 0 saturated heterocycles. The Bertz CT molecular complexity index is 1600. The third kappa shape index (κ3) is 5.77. The Kier molecular flexibility index (Phi) is 7.00. The van der Waals surface area contributed by atoms with Crippen molar-refractivity contribution < 1.29 is 16.8 Å². The van der Waals surface area contributed by atoms with E-state index < -0.39 is 20.0 Å². The van der Waals surface area contributed by atoms with Crippen LogP contribution in [0.4, 0.5) is 11.4 Å². The van der Waals surface area contributed by atoms with E-state index in [1.807, 2.05) is 60.7 Å². The maximum atomic E-state index is 12.9. The second-order valence-corrected chi connectivity index (χ2v) is 11.9. The number of rotatable bonds is 8. The van der Waals surface area contributed by atoms with E-state index in [2.05, 4.69) is 9.44 Å². The lowest BCUT2D eigenvalue weighted by molar-refractivity contribution is 0.599. The predicted octanol–water partition coefficient (Wildman–Crippen LogP) is 6.62. The molecule has 190 valence electrons. The Morgan fingerprint density at radius 2 is 0.632 bits per heavy atom. The Labute approximate surface area is 222 Å². The molecular weight excluding hydrogens is 516 g/mol. The van der Waals surface area contributed by atoms with Gasteiger partial charge in [-0.05, 0) is 70.8 Å². The van der Waals surface area contributed by atoms with Gasteiger partial charge in [-0.2, -0.15) is 0 Å². The smallest absolute Gasteiger partial charge is 0.261 e. The highest BCUT2D eigenvalue weighted by Gasteiger charge is 2.16. The van der Waals surface area contributed by atoms with Gasteiger partial charge in [0.1, 0.15) is 0 Å². The van der Waals surface area contributed by atoms with E-state index in [1.54, 1.807) is 48.5 Å². The fourth-order valence-corrected chi connectivity index (χ4v) is 6.07. The van der Waals surface area contributed by atoms with Gasteiger partial charge in [-0.3, -0.25) is 9.44 Å². The van der Waals surface area contributed by atoms with E-state index in [-0.39, 0.29) is 9.79 Å². The largest absolute Gasteiger partial charge is 0.280 e.